The number of hydrogen-bond acceptors (Lipinski definition) is 3. The predicted octanol–water partition coefficient (Wildman–Crippen LogP) is 2.15. The van der Waals surface area contributed by atoms with Gasteiger partial charge >= 0.3 is 0 Å². The molecule has 0 bridgehead atoms. The monoisotopic (exact) mass is 298 g/mol. The van der Waals surface area contributed by atoms with Gasteiger partial charge in [0.1, 0.15) is 5.75 Å². The van der Waals surface area contributed by atoms with Crippen LogP contribution in [0, 0.1) is 0 Å². The molecule has 0 aromatic heterocycles. The van der Waals surface area contributed by atoms with Crippen LogP contribution >= 0.6 is 15.9 Å². The summed E-state index contributed by atoms with van der Waals surface area (Å²) in [4.78, 5) is 11.9. The summed E-state index contributed by atoms with van der Waals surface area (Å²) in [5.41, 5.74) is 0.745. The maximum Gasteiger partial charge on any atom is 0.241 e. The third-order valence-corrected chi connectivity index (χ3v) is 3.21. The zero-order chi connectivity index (χ0) is 12.3. The van der Waals surface area contributed by atoms with Gasteiger partial charge in [-0.3, -0.25) is 4.79 Å². The number of hydrogen-bond donors (Lipinski definition) is 2. The molecule has 1 saturated heterocycles. The third kappa shape index (κ3) is 3.20. The van der Waals surface area contributed by atoms with Crippen LogP contribution in [0.15, 0.2) is 22.7 Å². The highest BCUT2D eigenvalue weighted by molar-refractivity contribution is 9.10. The van der Waals surface area contributed by atoms with Crippen molar-refractivity contribution in [3.63, 3.8) is 0 Å². The molecule has 0 radical (unpaired) electrons. The van der Waals surface area contributed by atoms with Crippen LogP contribution in [-0.4, -0.2) is 25.6 Å². The fourth-order valence-corrected chi connectivity index (χ4v) is 2.36. The molecule has 4 nitrogen and oxygen atoms in total. The second kappa shape index (κ2) is 5.51. The summed E-state index contributed by atoms with van der Waals surface area (Å²) in [6, 6.07) is 5.44. The average molecular weight is 299 g/mol. The van der Waals surface area contributed by atoms with E-state index in [4.69, 9.17) is 4.74 Å². The number of benzene rings is 1. The second-order valence-corrected chi connectivity index (χ2v) is 4.93. The number of nitrogens with one attached hydrogen (secondary N) is 2. The van der Waals surface area contributed by atoms with Crippen molar-refractivity contribution in [3.05, 3.63) is 22.7 Å². The van der Waals surface area contributed by atoms with Crippen molar-refractivity contribution in [1.82, 2.24) is 5.32 Å². The Kier molecular flexibility index (Phi) is 4.02. The van der Waals surface area contributed by atoms with E-state index in [0.717, 1.165) is 29.5 Å². The van der Waals surface area contributed by atoms with Gasteiger partial charge in [-0.15, -0.1) is 0 Å². The van der Waals surface area contributed by atoms with Crippen molar-refractivity contribution in [2.75, 3.05) is 19.0 Å². The number of ether oxygens (including phenoxy) is 1. The van der Waals surface area contributed by atoms with Crippen molar-refractivity contribution in [1.29, 1.82) is 0 Å². The summed E-state index contributed by atoms with van der Waals surface area (Å²) in [5, 5.41) is 6.05. The molecular weight excluding hydrogens is 284 g/mol. The number of carbonyl (C=O) groups excluding carboxylic acids is 1. The van der Waals surface area contributed by atoms with Crippen LogP contribution in [0.3, 0.4) is 0 Å². The lowest BCUT2D eigenvalue weighted by Crippen LogP contribution is -2.35. The van der Waals surface area contributed by atoms with Crippen LogP contribution in [0.5, 0.6) is 5.75 Å². The molecule has 1 aliphatic rings. The van der Waals surface area contributed by atoms with Crippen LogP contribution in [0.25, 0.3) is 0 Å². The first-order valence-electron chi connectivity index (χ1n) is 5.58. The molecule has 1 amide bonds. The van der Waals surface area contributed by atoms with Gasteiger partial charge in [-0.05, 0) is 31.5 Å². The molecule has 1 unspecified atom stereocenters. The minimum Gasteiger partial charge on any atom is -0.497 e. The Balaban J connectivity index is 2.06. The van der Waals surface area contributed by atoms with E-state index in [1.165, 1.54) is 0 Å². The van der Waals surface area contributed by atoms with Gasteiger partial charge in [0.05, 0.1) is 13.2 Å². The van der Waals surface area contributed by atoms with Gasteiger partial charge in [0.25, 0.3) is 0 Å². The highest BCUT2D eigenvalue weighted by Crippen LogP contribution is 2.24. The zero-order valence-electron chi connectivity index (χ0n) is 9.63. The van der Waals surface area contributed by atoms with Gasteiger partial charge < -0.3 is 15.4 Å². The van der Waals surface area contributed by atoms with E-state index in [1.807, 2.05) is 12.1 Å². The summed E-state index contributed by atoms with van der Waals surface area (Å²) >= 11 is 3.38. The SMILES string of the molecule is COc1cc(Br)cc(NC(=O)C2CCCN2)c1. The van der Waals surface area contributed by atoms with Gasteiger partial charge in [-0.25, -0.2) is 0 Å². The van der Waals surface area contributed by atoms with Crippen LogP contribution in [0.4, 0.5) is 5.69 Å². The summed E-state index contributed by atoms with van der Waals surface area (Å²) in [6.45, 7) is 0.917. The van der Waals surface area contributed by atoms with Crippen LogP contribution in [0.2, 0.25) is 0 Å². The van der Waals surface area contributed by atoms with Gasteiger partial charge in [0.2, 0.25) is 5.91 Å². The van der Waals surface area contributed by atoms with E-state index < -0.39 is 0 Å². The number of carbonyl (C=O) groups is 1. The summed E-state index contributed by atoms with van der Waals surface area (Å²) in [7, 11) is 1.60. The van der Waals surface area contributed by atoms with Gasteiger partial charge in [-0.2, -0.15) is 0 Å². The van der Waals surface area contributed by atoms with E-state index in [9.17, 15) is 4.79 Å². The molecule has 1 aliphatic heterocycles. The summed E-state index contributed by atoms with van der Waals surface area (Å²) in [5.74, 6) is 0.733. The number of amides is 1. The molecule has 1 heterocycles. The molecule has 0 spiro atoms. The van der Waals surface area contributed by atoms with E-state index in [2.05, 4.69) is 26.6 Å². The molecule has 17 heavy (non-hydrogen) atoms. The number of methoxy groups -OCH3 is 1. The fraction of sp³-hybridized carbons (Fsp3) is 0.417. The standard InChI is InChI=1S/C12H15BrN2O2/c1-17-10-6-8(13)5-9(7-10)15-12(16)11-3-2-4-14-11/h5-7,11,14H,2-4H2,1H3,(H,15,16). The molecule has 1 aromatic carbocycles. The summed E-state index contributed by atoms with van der Waals surface area (Å²) < 4.78 is 6.03. The summed E-state index contributed by atoms with van der Waals surface area (Å²) in [6.07, 6.45) is 1.96. The third-order valence-electron chi connectivity index (χ3n) is 2.75. The lowest BCUT2D eigenvalue weighted by atomic mass is 10.2. The second-order valence-electron chi connectivity index (χ2n) is 4.02. The highest BCUT2D eigenvalue weighted by atomic mass is 79.9. The lowest BCUT2D eigenvalue weighted by Gasteiger charge is -2.12. The maximum atomic E-state index is 11.9. The Labute approximate surface area is 109 Å². The Bertz CT molecular complexity index is 417. The largest absolute Gasteiger partial charge is 0.497 e. The van der Waals surface area contributed by atoms with Crippen LogP contribution in [-0.2, 0) is 4.79 Å². The molecule has 92 valence electrons. The van der Waals surface area contributed by atoms with Crippen molar-refractivity contribution in [2.24, 2.45) is 0 Å². The minimum atomic E-state index is -0.0695. The Morgan fingerprint density at radius 2 is 2.35 bits per heavy atom. The maximum absolute atomic E-state index is 11.9. The molecule has 2 rings (SSSR count). The predicted molar refractivity (Wildman–Crippen MR) is 70.3 cm³/mol. The fourth-order valence-electron chi connectivity index (χ4n) is 1.89. The topological polar surface area (TPSA) is 50.4 Å². The van der Waals surface area contributed by atoms with Crippen molar-refractivity contribution in [2.45, 2.75) is 18.9 Å². The molecule has 0 aliphatic carbocycles. The van der Waals surface area contributed by atoms with Gasteiger partial charge in [-0.1, -0.05) is 15.9 Å². The number of rotatable bonds is 3. The molecule has 2 N–H and O–H groups in total. The number of anilines is 1. The first kappa shape index (κ1) is 12.4. The van der Waals surface area contributed by atoms with E-state index in [0.29, 0.717) is 5.75 Å². The lowest BCUT2D eigenvalue weighted by molar-refractivity contribution is -0.117. The van der Waals surface area contributed by atoms with Crippen LogP contribution < -0.4 is 15.4 Å². The molecule has 1 atom stereocenters. The van der Waals surface area contributed by atoms with Gasteiger partial charge in [0, 0.05) is 16.2 Å². The first-order valence-corrected chi connectivity index (χ1v) is 6.37. The number of halogens is 1. The molecule has 1 aromatic rings. The molecular formula is C12H15BrN2O2. The zero-order valence-corrected chi connectivity index (χ0v) is 11.2. The van der Waals surface area contributed by atoms with Gasteiger partial charge in [0.15, 0.2) is 0 Å². The average Bonchev–Trinajstić information content (AvgIpc) is 2.81. The Morgan fingerprint density at radius 1 is 1.53 bits per heavy atom. The van der Waals surface area contributed by atoms with Crippen LogP contribution in [0.1, 0.15) is 12.8 Å². The van der Waals surface area contributed by atoms with Crippen molar-refractivity contribution >= 4 is 27.5 Å². The van der Waals surface area contributed by atoms with Crippen molar-refractivity contribution < 1.29 is 9.53 Å². The molecule has 5 heteroatoms. The Morgan fingerprint density at radius 3 is 3.00 bits per heavy atom. The first-order chi connectivity index (χ1) is 8.19. The van der Waals surface area contributed by atoms with E-state index >= 15 is 0 Å². The Hall–Kier alpha value is -1.07. The van der Waals surface area contributed by atoms with E-state index in [1.54, 1.807) is 13.2 Å². The van der Waals surface area contributed by atoms with Crippen molar-refractivity contribution in [3.8, 4) is 5.75 Å². The highest BCUT2D eigenvalue weighted by Gasteiger charge is 2.21. The smallest absolute Gasteiger partial charge is 0.241 e. The molecule has 1 fully saturated rings. The molecule has 0 saturated carbocycles. The normalized spacial score (nSPS) is 19.1. The minimum absolute atomic E-state index is 0.0163. The quantitative estimate of drug-likeness (QED) is 0.899. The van der Waals surface area contributed by atoms with E-state index in [-0.39, 0.29) is 11.9 Å².